The number of nitrogens with zero attached hydrogens (tertiary/aromatic N) is 1. The van der Waals surface area contributed by atoms with Crippen molar-refractivity contribution in [2.75, 3.05) is 26.2 Å². The van der Waals surface area contributed by atoms with Gasteiger partial charge >= 0.3 is 11.9 Å². The van der Waals surface area contributed by atoms with Gasteiger partial charge in [-0.15, -0.1) is 0 Å². The van der Waals surface area contributed by atoms with Gasteiger partial charge in [-0.3, -0.25) is 0 Å². The molecule has 8 heteroatoms. The zero-order valence-electron chi connectivity index (χ0n) is 13.9. The third-order valence-electron chi connectivity index (χ3n) is 3.27. The number of benzene rings is 1. The van der Waals surface area contributed by atoms with Gasteiger partial charge in [0.1, 0.15) is 0 Å². The van der Waals surface area contributed by atoms with Gasteiger partial charge in [-0.05, 0) is 44.7 Å². The quantitative estimate of drug-likeness (QED) is 0.475. The van der Waals surface area contributed by atoms with Gasteiger partial charge < -0.3 is 20.4 Å². The largest absolute Gasteiger partial charge is 0.473 e. The van der Waals surface area contributed by atoms with E-state index < -0.39 is 11.9 Å². The first-order valence-electron chi connectivity index (χ1n) is 7.65. The molecule has 0 unspecified atom stereocenters. The maximum atomic E-state index is 9.10. The maximum absolute atomic E-state index is 9.10. The number of carboxylic acids is 2. The van der Waals surface area contributed by atoms with E-state index in [4.69, 9.17) is 43.0 Å². The van der Waals surface area contributed by atoms with Crippen molar-refractivity contribution in [2.24, 2.45) is 0 Å². The van der Waals surface area contributed by atoms with Crippen LogP contribution in [-0.4, -0.2) is 53.2 Å². The van der Waals surface area contributed by atoms with Crippen LogP contribution < -0.4 is 5.32 Å². The lowest BCUT2D eigenvalue weighted by molar-refractivity contribution is -0.159. The molecule has 0 aliphatic rings. The molecule has 0 saturated carbocycles. The van der Waals surface area contributed by atoms with E-state index in [1.165, 1.54) is 0 Å². The minimum absolute atomic E-state index is 0.733. The second-order valence-corrected chi connectivity index (χ2v) is 5.68. The van der Waals surface area contributed by atoms with E-state index >= 15 is 0 Å². The Kier molecular flexibility index (Phi) is 12.3. The van der Waals surface area contributed by atoms with E-state index in [0.717, 1.165) is 54.8 Å². The molecule has 6 nitrogen and oxygen atoms in total. The maximum Gasteiger partial charge on any atom is 0.414 e. The number of halogens is 2. The Morgan fingerprint density at radius 1 is 1.08 bits per heavy atom. The van der Waals surface area contributed by atoms with Crippen LogP contribution in [-0.2, 0) is 16.1 Å². The van der Waals surface area contributed by atoms with E-state index in [1.54, 1.807) is 0 Å². The Hall–Kier alpha value is -1.34. The van der Waals surface area contributed by atoms with Crippen LogP contribution in [0.4, 0.5) is 0 Å². The third-order valence-corrected chi connectivity index (χ3v) is 3.98. The summed E-state index contributed by atoms with van der Waals surface area (Å²) in [4.78, 5) is 20.6. The minimum Gasteiger partial charge on any atom is -0.473 e. The molecular formula is C16H24Cl2N2O4. The summed E-state index contributed by atoms with van der Waals surface area (Å²) in [7, 11) is 0. The van der Waals surface area contributed by atoms with Crippen LogP contribution in [0.3, 0.4) is 0 Å². The summed E-state index contributed by atoms with van der Waals surface area (Å²) < 4.78 is 0. The lowest BCUT2D eigenvalue weighted by Crippen LogP contribution is -2.27. The lowest BCUT2D eigenvalue weighted by Gasteiger charge is -2.17. The first kappa shape index (κ1) is 22.7. The second-order valence-electron chi connectivity index (χ2n) is 4.87. The third kappa shape index (κ3) is 9.72. The fraction of sp³-hybridized carbons (Fsp3) is 0.500. The van der Waals surface area contributed by atoms with E-state index in [1.807, 2.05) is 18.2 Å². The van der Waals surface area contributed by atoms with Crippen molar-refractivity contribution in [2.45, 2.75) is 26.8 Å². The van der Waals surface area contributed by atoms with Crippen LogP contribution in [0.2, 0.25) is 10.0 Å². The molecule has 0 aromatic heterocycles. The average Bonchev–Trinajstić information content (AvgIpc) is 2.53. The highest BCUT2D eigenvalue weighted by Gasteiger charge is 2.05. The average molecular weight is 379 g/mol. The van der Waals surface area contributed by atoms with Crippen LogP contribution in [0.15, 0.2) is 18.2 Å². The van der Waals surface area contributed by atoms with Gasteiger partial charge in [0.2, 0.25) is 0 Å². The Balaban J connectivity index is 0.000000754. The number of hydrogen-bond donors (Lipinski definition) is 3. The second kappa shape index (κ2) is 13.0. The van der Waals surface area contributed by atoms with Gasteiger partial charge in [0.05, 0.1) is 0 Å². The number of nitrogens with one attached hydrogen (secondary N) is 1. The van der Waals surface area contributed by atoms with Crippen LogP contribution in [0.1, 0.15) is 25.8 Å². The molecule has 0 heterocycles. The standard InChI is InChI=1S/C14H22Cl2N2.C2H2O4/c1-3-18(4-2)10-6-9-17-11-12-13(15)7-5-8-14(12)16;3-1(4)2(5)6/h5,7-8,17H,3-4,6,9-11H2,1-2H3;(H,3,4)(H,5,6). The molecule has 0 bridgehead atoms. The van der Waals surface area contributed by atoms with E-state index in [-0.39, 0.29) is 0 Å². The molecule has 24 heavy (non-hydrogen) atoms. The minimum atomic E-state index is -1.82. The predicted octanol–water partition coefficient (Wildman–Crippen LogP) is 2.97. The van der Waals surface area contributed by atoms with Gasteiger partial charge in [0, 0.05) is 22.2 Å². The van der Waals surface area contributed by atoms with Gasteiger partial charge in [0.15, 0.2) is 0 Å². The van der Waals surface area contributed by atoms with E-state index in [9.17, 15) is 0 Å². The van der Waals surface area contributed by atoms with E-state index in [0.29, 0.717) is 0 Å². The number of aliphatic carboxylic acids is 2. The Morgan fingerprint density at radius 3 is 2.00 bits per heavy atom. The summed E-state index contributed by atoms with van der Waals surface area (Å²) >= 11 is 12.2. The predicted molar refractivity (Wildman–Crippen MR) is 95.8 cm³/mol. The first-order chi connectivity index (χ1) is 11.3. The van der Waals surface area contributed by atoms with Crippen molar-refractivity contribution in [3.05, 3.63) is 33.8 Å². The van der Waals surface area contributed by atoms with Crippen LogP contribution in [0, 0.1) is 0 Å². The Morgan fingerprint density at radius 2 is 1.58 bits per heavy atom. The summed E-state index contributed by atoms with van der Waals surface area (Å²) in [6.07, 6.45) is 1.14. The fourth-order valence-corrected chi connectivity index (χ4v) is 2.41. The number of carbonyl (C=O) groups is 2. The van der Waals surface area contributed by atoms with Crippen molar-refractivity contribution in [1.82, 2.24) is 10.2 Å². The molecule has 0 saturated heterocycles. The zero-order valence-corrected chi connectivity index (χ0v) is 15.4. The SMILES string of the molecule is CCN(CC)CCCNCc1c(Cl)cccc1Cl.O=C(O)C(=O)O. The summed E-state index contributed by atoms with van der Waals surface area (Å²) in [6.45, 7) is 9.48. The van der Waals surface area contributed by atoms with Crippen LogP contribution in [0.5, 0.6) is 0 Å². The molecule has 1 rings (SSSR count). The first-order valence-corrected chi connectivity index (χ1v) is 8.41. The summed E-state index contributed by atoms with van der Waals surface area (Å²) in [5.41, 5.74) is 0.990. The van der Waals surface area contributed by atoms with Gasteiger partial charge in [0.25, 0.3) is 0 Å². The highest BCUT2D eigenvalue weighted by atomic mass is 35.5. The topological polar surface area (TPSA) is 89.9 Å². The fourth-order valence-electron chi connectivity index (χ4n) is 1.88. The van der Waals surface area contributed by atoms with Crippen molar-refractivity contribution in [3.63, 3.8) is 0 Å². The normalized spacial score (nSPS) is 10.2. The molecule has 0 aliphatic carbocycles. The summed E-state index contributed by atoms with van der Waals surface area (Å²) in [5, 5.41) is 19.6. The van der Waals surface area contributed by atoms with Crippen molar-refractivity contribution in [1.29, 1.82) is 0 Å². The molecule has 0 amide bonds. The molecule has 0 fully saturated rings. The molecule has 1 aromatic rings. The van der Waals surface area contributed by atoms with Crippen LogP contribution >= 0.6 is 23.2 Å². The Bertz CT molecular complexity index is 491. The molecule has 0 aliphatic heterocycles. The highest BCUT2D eigenvalue weighted by molar-refractivity contribution is 6.35. The monoisotopic (exact) mass is 378 g/mol. The number of rotatable bonds is 8. The van der Waals surface area contributed by atoms with Crippen LogP contribution in [0.25, 0.3) is 0 Å². The van der Waals surface area contributed by atoms with Gasteiger partial charge in [-0.25, -0.2) is 9.59 Å². The lowest BCUT2D eigenvalue weighted by atomic mass is 10.2. The molecular weight excluding hydrogens is 355 g/mol. The van der Waals surface area contributed by atoms with Crippen molar-refractivity contribution >= 4 is 35.1 Å². The molecule has 136 valence electrons. The highest BCUT2D eigenvalue weighted by Crippen LogP contribution is 2.23. The summed E-state index contributed by atoms with van der Waals surface area (Å²) in [5.74, 6) is -3.65. The smallest absolute Gasteiger partial charge is 0.414 e. The zero-order chi connectivity index (χ0) is 18.5. The molecule has 3 N–H and O–H groups in total. The van der Waals surface area contributed by atoms with Gasteiger partial charge in [-0.2, -0.15) is 0 Å². The molecule has 0 radical (unpaired) electrons. The molecule has 0 atom stereocenters. The van der Waals surface area contributed by atoms with Gasteiger partial charge in [-0.1, -0.05) is 43.1 Å². The number of carboxylic acid groups (broad SMARTS) is 2. The Labute approximate surface area is 152 Å². The van der Waals surface area contributed by atoms with E-state index in [2.05, 4.69) is 24.1 Å². The van der Waals surface area contributed by atoms with Crippen molar-refractivity contribution in [3.8, 4) is 0 Å². The summed E-state index contributed by atoms with van der Waals surface area (Å²) in [6, 6.07) is 5.62. The number of hydrogen-bond acceptors (Lipinski definition) is 4. The molecule has 1 aromatic carbocycles. The van der Waals surface area contributed by atoms with Crippen molar-refractivity contribution < 1.29 is 19.8 Å². The molecule has 0 spiro atoms.